The van der Waals surface area contributed by atoms with Crippen molar-refractivity contribution in [1.82, 2.24) is 0 Å². The van der Waals surface area contributed by atoms with Gasteiger partial charge >= 0.3 is 5.97 Å². The van der Waals surface area contributed by atoms with Gasteiger partial charge in [0.05, 0.1) is 0 Å². The second kappa shape index (κ2) is 3.21. The van der Waals surface area contributed by atoms with Gasteiger partial charge in [-0.3, -0.25) is 9.74 Å². The van der Waals surface area contributed by atoms with Crippen LogP contribution in [0, 0.1) is 5.92 Å². The van der Waals surface area contributed by atoms with Gasteiger partial charge in [-0.15, -0.1) is 0 Å². The Morgan fingerprint density at radius 3 is 2.79 bits per heavy atom. The van der Waals surface area contributed by atoms with Gasteiger partial charge < -0.3 is 0 Å². The van der Waals surface area contributed by atoms with Gasteiger partial charge in [0.25, 0.3) is 0 Å². The molecular formula is C10H7FO3. The average Bonchev–Trinajstić information content (AvgIpc) is 2.56. The van der Waals surface area contributed by atoms with Crippen LogP contribution < -0.4 is 0 Å². The van der Waals surface area contributed by atoms with E-state index in [2.05, 4.69) is 4.94 Å². The zero-order chi connectivity index (χ0) is 10.1. The predicted octanol–water partition coefficient (Wildman–Crippen LogP) is 1.47. The normalized spacial score (nSPS) is 19.2. The fourth-order valence-electron chi connectivity index (χ4n) is 1.68. The molecule has 0 N–H and O–H groups in total. The maximum absolute atomic E-state index is 11.6. The molecule has 0 aromatic heterocycles. The molecule has 3 nitrogen and oxygen atoms in total. The summed E-state index contributed by atoms with van der Waals surface area (Å²) in [4.78, 5) is 25.5. The monoisotopic (exact) mass is 194 g/mol. The van der Waals surface area contributed by atoms with E-state index in [0.29, 0.717) is 5.56 Å². The maximum atomic E-state index is 11.6. The molecule has 1 atom stereocenters. The Hall–Kier alpha value is -1.71. The molecule has 0 bridgehead atoms. The van der Waals surface area contributed by atoms with Crippen LogP contribution in [0.25, 0.3) is 0 Å². The van der Waals surface area contributed by atoms with Gasteiger partial charge in [-0.2, -0.15) is 0 Å². The molecule has 0 amide bonds. The Kier molecular flexibility index (Phi) is 2.04. The van der Waals surface area contributed by atoms with Gasteiger partial charge in [-0.1, -0.05) is 24.3 Å². The highest BCUT2D eigenvalue weighted by molar-refractivity contribution is 6.12. The van der Waals surface area contributed by atoms with Gasteiger partial charge in [0.15, 0.2) is 5.78 Å². The van der Waals surface area contributed by atoms with Gasteiger partial charge in [-0.25, -0.2) is 4.79 Å². The molecule has 0 radical (unpaired) electrons. The lowest BCUT2D eigenvalue weighted by Crippen LogP contribution is -2.20. The molecule has 0 heterocycles. The smallest absolute Gasteiger partial charge is 0.293 e. The van der Waals surface area contributed by atoms with E-state index in [1.807, 2.05) is 0 Å². The second-order valence-electron chi connectivity index (χ2n) is 3.17. The minimum Gasteiger partial charge on any atom is -0.293 e. The first kappa shape index (κ1) is 8.87. The van der Waals surface area contributed by atoms with E-state index in [-0.39, 0.29) is 12.2 Å². The van der Waals surface area contributed by atoms with Crippen molar-refractivity contribution in [2.75, 3.05) is 0 Å². The van der Waals surface area contributed by atoms with E-state index in [4.69, 9.17) is 0 Å². The first-order chi connectivity index (χ1) is 6.74. The summed E-state index contributed by atoms with van der Waals surface area (Å²) < 4.78 is 11.6. The number of benzene rings is 1. The molecule has 1 aliphatic rings. The quantitative estimate of drug-likeness (QED) is 0.636. The van der Waals surface area contributed by atoms with Crippen molar-refractivity contribution in [2.24, 2.45) is 5.92 Å². The zero-order valence-corrected chi connectivity index (χ0v) is 7.20. The molecule has 1 unspecified atom stereocenters. The molecule has 1 aromatic rings. The van der Waals surface area contributed by atoms with E-state index >= 15 is 0 Å². The highest BCUT2D eigenvalue weighted by atomic mass is 19.3. The molecular weight excluding hydrogens is 187 g/mol. The largest absolute Gasteiger partial charge is 0.359 e. The highest BCUT2D eigenvalue weighted by Gasteiger charge is 2.37. The number of carbonyl (C=O) groups is 2. The van der Waals surface area contributed by atoms with Crippen molar-refractivity contribution in [3.8, 4) is 0 Å². The average molecular weight is 194 g/mol. The Labute approximate surface area is 79.4 Å². The predicted molar refractivity (Wildman–Crippen MR) is 45.2 cm³/mol. The minimum absolute atomic E-state index is 0.234. The van der Waals surface area contributed by atoms with Crippen LogP contribution in [-0.4, -0.2) is 11.8 Å². The summed E-state index contributed by atoms with van der Waals surface area (Å²) in [5, 5.41) is 0. The lowest BCUT2D eigenvalue weighted by atomic mass is 10.1. The van der Waals surface area contributed by atoms with Crippen molar-refractivity contribution in [2.45, 2.75) is 6.42 Å². The van der Waals surface area contributed by atoms with Crippen molar-refractivity contribution in [1.29, 1.82) is 0 Å². The number of fused-ring (bicyclic) bond motifs is 1. The first-order valence-corrected chi connectivity index (χ1v) is 4.18. The third-order valence-corrected chi connectivity index (χ3v) is 2.38. The maximum Gasteiger partial charge on any atom is 0.359 e. The molecule has 72 valence electrons. The van der Waals surface area contributed by atoms with Crippen LogP contribution in [0.1, 0.15) is 15.9 Å². The summed E-state index contributed by atoms with van der Waals surface area (Å²) in [5.74, 6) is -2.47. The summed E-state index contributed by atoms with van der Waals surface area (Å²) in [6.07, 6.45) is 0.234. The zero-order valence-electron chi connectivity index (χ0n) is 7.20. The standard InChI is InChI=1S/C10H7FO3/c11-14-10(13)8-5-6-3-1-2-4-7(6)9(8)12/h1-4,8H,5H2. The van der Waals surface area contributed by atoms with Crippen molar-refractivity contribution in [3.05, 3.63) is 35.4 Å². The molecule has 0 saturated heterocycles. The van der Waals surface area contributed by atoms with Crippen LogP contribution >= 0.6 is 0 Å². The Morgan fingerprint density at radius 1 is 1.43 bits per heavy atom. The summed E-state index contributed by atoms with van der Waals surface area (Å²) in [6, 6.07) is 6.86. The van der Waals surface area contributed by atoms with Crippen LogP contribution in [0.15, 0.2) is 24.3 Å². The van der Waals surface area contributed by atoms with Gasteiger partial charge in [0.1, 0.15) is 5.92 Å². The van der Waals surface area contributed by atoms with E-state index in [1.165, 1.54) is 0 Å². The Balaban J connectivity index is 2.35. The van der Waals surface area contributed by atoms with Gasteiger partial charge in [-0.05, 0) is 12.0 Å². The fourth-order valence-corrected chi connectivity index (χ4v) is 1.68. The summed E-state index contributed by atoms with van der Waals surface area (Å²) >= 11 is 0. The minimum atomic E-state index is -1.11. The summed E-state index contributed by atoms with van der Waals surface area (Å²) in [7, 11) is 0. The van der Waals surface area contributed by atoms with Gasteiger partial charge in [0, 0.05) is 10.1 Å². The molecule has 4 heteroatoms. The number of rotatable bonds is 1. The van der Waals surface area contributed by atoms with Crippen LogP contribution in [-0.2, 0) is 16.2 Å². The highest BCUT2D eigenvalue weighted by Crippen LogP contribution is 2.27. The van der Waals surface area contributed by atoms with E-state index in [1.54, 1.807) is 24.3 Å². The summed E-state index contributed by atoms with van der Waals surface area (Å²) in [5.41, 5.74) is 1.26. The van der Waals surface area contributed by atoms with Crippen molar-refractivity contribution in [3.63, 3.8) is 0 Å². The van der Waals surface area contributed by atoms with Crippen molar-refractivity contribution < 1.29 is 19.1 Å². The number of carbonyl (C=O) groups excluding carboxylic acids is 2. The van der Waals surface area contributed by atoms with E-state index in [9.17, 15) is 14.1 Å². The van der Waals surface area contributed by atoms with Crippen LogP contribution in [0.3, 0.4) is 0 Å². The molecule has 1 aliphatic carbocycles. The van der Waals surface area contributed by atoms with Crippen LogP contribution in [0.5, 0.6) is 0 Å². The number of hydrogen-bond donors (Lipinski definition) is 0. The second-order valence-corrected chi connectivity index (χ2v) is 3.17. The van der Waals surface area contributed by atoms with Crippen LogP contribution in [0.4, 0.5) is 4.53 Å². The lowest BCUT2D eigenvalue weighted by molar-refractivity contribution is -0.186. The first-order valence-electron chi connectivity index (χ1n) is 4.18. The fraction of sp³-hybridized carbons (Fsp3) is 0.200. The SMILES string of the molecule is O=C(OF)C1Cc2ccccc2C1=O. The Bertz CT molecular complexity index is 400. The number of ketones is 1. The topological polar surface area (TPSA) is 43.4 Å². The van der Waals surface area contributed by atoms with E-state index in [0.717, 1.165) is 5.56 Å². The third-order valence-electron chi connectivity index (χ3n) is 2.38. The molecule has 2 rings (SSSR count). The number of hydrogen-bond acceptors (Lipinski definition) is 3. The molecule has 0 spiro atoms. The number of Topliss-reactive ketones (excluding diaryl/α,β-unsaturated/α-hetero) is 1. The van der Waals surface area contributed by atoms with Crippen molar-refractivity contribution >= 4 is 11.8 Å². The Morgan fingerprint density at radius 2 is 2.14 bits per heavy atom. The summed E-state index contributed by atoms with van der Waals surface area (Å²) in [6.45, 7) is 0. The van der Waals surface area contributed by atoms with E-state index < -0.39 is 11.9 Å². The number of halogens is 1. The lowest BCUT2D eigenvalue weighted by Gasteiger charge is -1.99. The third kappa shape index (κ3) is 1.19. The molecule has 0 aliphatic heterocycles. The molecule has 14 heavy (non-hydrogen) atoms. The molecule has 1 aromatic carbocycles. The molecule has 0 fully saturated rings. The molecule has 0 saturated carbocycles. The van der Waals surface area contributed by atoms with Crippen LogP contribution in [0.2, 0.25) is 0 Å². The van der Waals surface area contributed by atoms with Gasteiger partial charge in [0.2, 0.25) is 0 Å².